The highest BCUT2D eigenvalue weighted by atomic mass is 16.5. The zero-order valence-electron chi connectivity index (χ0n) is 22.6. The number of imidazole rings is 1. The summed E-state index contributed by atoms with van der Waals surface area (Å²) in [5.74, 6) is 2.31. The average Bonchev–Trinajstić information content (AvgIpc) is 3.67. The number of nitrogens with zero attached hydrogens (tertiary/aromatic N) is 3. The van der Waals surface area contributed by atoms with Crippen molar-refractivity contribution in [3.05, 3.63) is 83.6 Å². The topological polar surface area (TPSA) is 105 Å². The van der Waals surface area contributed by atoms with Gasteiger partial charge < -0.3 is 24.1 Å². The number of hydrogen-bond acceptors (Lipinski definition) is 6. The maximum atomic E-state index is 12.8. The predicted octanol–water partition coefficient (Wildman–Crippen LogP) is 4.89. The highest BCUT2D eigenvalue weighted by Crippen LogP contribution is 2.27. The molecule has 2 aromatic heterocycles. The van der Waals surface area contributed by atoms with Gasteiger partial charge in [-0.15, -0.1) is 0 Å². The molecule has 40 heavy (non-hydrogen) atoms. The number of carbonyl (C=O) groups is 1. The molecule has 0 atom stereocenters. The third kappa shape index (κ3) is 5.41. The van der Waals surface area contributed by atoms with Crippen LogP contribution in [-0.4, -0.2) is 71.5 Å². The van der Waals surface area contributed by atoms with Crippen molar-refractivity contribution >= 4 is 16.9 Å². The third-order valence-electron chi connectivity index (χ3n) is 7.21. The molecule has 0 aliphatic carbocycles. The van der Waals surface area contributed by atoms with Crippen LogP contribution in [0.15, 0.2) is 66.7 Å². The van der Waals surface area contributed by atoms with Crippen molar-refractivity contribution in [2.75, 3.05) is 40.5 Å². The Labute approximate surface area is 232 Å². The number of morpholine rings is 1. The number of amides is 1. The number of nitrogens with one attached hydrogen (secondary N) is 2. The van der Waals surface area contributed by atoms with Crippen LogP contribution in [0, 0.1) is 0 Å². The Morgan fingerprint density at radius 2 is 1.62 bits per heavy atom. The van der Waals surface area contributed by atoms with Crippen molar-refractivity contribution in [3.8, 4) is 34.1 Å². The molecule has 204 valence electrons. The predicted molar refractivity (Wildman–Crippen MR) is 153 cm³/mol. The van der Waals surface area contributed by atoms with Gasteiger partial charge in [-0.1, -0.05) is 18.2 Å². The smallest absolute Gasteiger partial charge is 0.254 e. The zero-order chi connectivity index (χ0) is 27.5. The number of methoxy groups -OCH3 is 2. The molecule has 1 fully saturated rings. The number of fused-ring (bicyclic) bond motifs is 1. The minimum Gasteiger partial charge on any atom is -0.497 e. The summed E-state index contributed by atoms with van der Waals surface area (Å²) in [5.41, 5.74) is 7.45. The number of carbonyl (C=O) groups excluding carboxylic acids is 1. The standard InChI is InChI=1S/C31H31N5O4/c1-38-25-15-20(16-26(19-25)39-2)3-9-24-18-29(35-34-24)30-32-27-10-8-23(17-28(27)33-30)21-4-6-22(7-5-21)31(37)36-11-13-40-14-12-36/h4-8,10,15-19H,3,9,11-14H2,1-2H3,(H,32,33)(H,34,35). The maximum absolute atomic E-state index is 12.8. The quantitative estimate of drug-likeness (QED) is 0.292. The average molecular weight is 538 g/mol. The van der Waals surface area contributed by atoms with Gasteiger partial charge in [0.1, 0.15) is 17.2 Å². The van der Waals surface area contributed by atoms with E-state index in [0.29, 0.717) is 37.7 Å². The number of benzene rings is 3. The molecule has 1 aliphatic rings. The number of H-pyrrole nitrogens is 2. The van der Waals surface area contributed by atoms with Crippen molar-refractivity contribution in [2.24, 2.45) is 0 Å². The second kappa shape index (κ2) is 11.2. The van der Waals surface area contributed by atoms with E-state index >= 15 is 0 Å². The van der Waals surface area contributed by atoms with E-state index in [1.807, 2.05) is 59.5 Å². The van der Waals surface area contributed by atoms with E-state index in [1.165, 1.54) is 0 Å². The maximum Gasteiger partial charge on any atom is 0.254 e. The first-order chi connectivity index (χ1) is 19.6. The molecule has 9 heteroatoms. The van der Waals surface area contributed by atoms with Crippen LogP contribution in [0.1, 0.15) is 21.6 Å². The van der Waals surface area contributed by atoms with Gasteiger partial charge in [0.25, 0.3) is 5.91 Å². The Kier molecular flexibility index (Phi) is 7.20. The minimum atomic E-state index is 0.0452. The molecule has 0 saturated carbocycles. The largest absolute Gasteiger partial charge is 0.497 e. The molecule has 6 rings (SSSR count). The fourth-order valence-electron chi connectivity index (χ4n) is 4.96. The molecule has 2 N–H and O–H groups in total. The Morgan fingerprint density at radius 3 is 2.35 bits per heavy atom. The second-order valence-corrected chi connectivity index (χ2v) is 9.80. The molecule has 0 unspecified atom stereocenters. The summed E-state index contributed by atoms with van der Waals surface area (Å²) in [6.07, 6.45) is 1.60. The summed E-state index contributed by atoms with van der Waals surface area (Å²) >= 11 is 0. The number of hydrogen-bond donors (Lipinski definition) is 2. The molecule has 0 bridgehead atoms. The highest BCUT2D eigenvalue weighted by Gasteiger charge is 2.18. The Bertz CT molecular complexity index is 1610. The van der Waals surface area contributed by atoms with E-state index < -0.39 is 0 Å². The Morgan fingerprint density at radius 1 is 0.900 bits per heavy atom. The van der Waals surface area contributed by atoms with Gasteiger partial charge in [-0.3, -0.25) is 9.89 Å². The summed E-state index contributed by atoms with van der Waals surface area (Å²) in [7, 11) is 3.31. The summed E-state index contributed by atoms with van der Waals surface area (Å²) in [4.78, 5) is 22.8. The van der Waals surface area contributed by atoms with Crippen LogP contribution >= 0.6 is 0 Å². The van der Waals surface area contributed by atoms with E-state index in [9.17, 15) is 4.79 Å². The molecule has 1 saturated heterocycles. The van der Waals surface area contributed by atoms with Crippen LogP contribution in [0.25, 0.3) is 33.7 Å². The van der Waals surface area contributed by atoms with E-state index in [0.717, 1.165) is 63.5 Å². The molecule has 0 spiro atoms. The number of aromatic nitrogens is 4. The second-order valence-electron chi connectivity index (χ2n) is 9.80. The monoisotopic (exact) mass is 537 g/mol. The molecule has 1 aliphatic heterocycles. The fraction of sp³-hybridized carbons (Fsp3) is 0.258. The molecule has 9 nitrogen and oxygen atoms in total. The summed E-state index contributed by atoms with van der Waals surface area (Å²) in [6, 6.07) is 21.8. The molecule has 5 aromatic rings. The molecular formula is C31H31N5O4. The lowest BCUT2D eigenvalue weighted by Crippen LogP contribution is -2.40. The van der Waals surface area contributed by atoms with Crippen molar-refractivity contribution in [3.63, 3.8) is 0 Å². The number of aryl methyl sites for hydroxylation is 2. The van der Waals surface area contributed by atoms with Crippen molar-refractivity contribution in [1.29, 1.82) is 0 Å². The molecule has 1 amide bonds. The Balaban J connectivity index is 1.15. The van der Waals surface area contributed by atoms with E-state index in [2.05, 4.69) is 27.3 Å². The Hall–Kier alpha value is -4.63. The first kappa shape index (κ1) is 25.6. The highest BCUT2D eigenvalue weighted by molar-refractivity contribution is 5.95. The van der Waals surface area contributed by atoms with E-state index in [1.54, 1.807) is 14.2 Å². The van der Waals surface area contributed by atoms with Crippen LogP contribution in [0.3, 0.4) is 0 Å². The number of rotatable bonds is 8. The first-order valence-electron chi connectivity index (χ1n) is 13.3. The van der Waals surface area contributed by atoms with Gasteiger partial charge in [-0.05, 0) is 72.0 Å². The van der Waals surface area contributed by atoms with Gasteiger partial charge in [0.2, 0.25) is 0 Å². The molecular weight excluding hydrogens is 506 g/mol. The van der Waals surface area contributed by atoms with Crippen molar-refractivity contribution in [2.45, 2.75) is 12.8 Å². The summed E-state index contributed by atoms with van der Waals surface area (Å²) < 4.78 is 16.1. The van der Waals surface area contributed by atoms with Gasteiger partial charge >= 0.3 is 0 Å². The fourth-order valence-corrected chi connectivity index (χ4v) is 4.96. The number of ether oxygens (including phenoxy) is 3. The van der Waals surface area contributed by atoms with Gasteiger partial charge in [0.05, 0.1) is 38.5 Å². The van der Waals surface area contributed by atoms with E-state index in [-0.39, 0.29) is 5.91 Å². The molecule has 0 radical (unpaired) electrons. The van der Waals surface area contributed by atoms with Crippen LogP contribution in [-0.2, 0) is 17.6 Å². The number of aromatic amines is 2. The third-order valence-corrected chi connectivity index (χ3v) is 7.21. The summed E-state index contributed by atoms with van der Waals surface area (Å²) in [6.45, 7) is 2.45. The lowest BCUT2D eigenvalue weighted by Gasteiger charge is -2.26. The summed E-state index contributed by atoms with van der Waals surface area (Å²) in [5, 5.41) is 7.64. The minimum absolute atomic E-state index is 0.0452. The van der Waals surface area contributed by atoms with Crippen LogP contribution in [0.5, 0.6) is 11.5 Å². The van der Waals surface area contributed by atoms with Gasteiger partial charge in [0, 0.05) is 30.4 Å². The molecule has 3 heterocycles. The van der Waals surface area contributed by atoms with Crippen LogP contribution in [0.2, 0.25) is 0 Å². The first-order valence-corrected chi connectivity index (χ1v) is 13.3. The van der Waals surface area contributed by atoms with Gasteiger partial charge in [0.15, 0.2) is 5.82 Å². The van der Waals surface area contributed by atoms with Crippen LogP contribution < -0.4 is 9.47 Å². The van der Waals surface area contributed by atoms with Crippen molar-refractivity contribution in [1.82, 2.24) is 25.1 Å². The van der Waals surface area contributed by atoms with Crippen molar-refractivity contribution < 1.29 is 19.0 Å². The normalized spacial score (nSPS) is 13.5. The zero-order valence-corrected chi connectivity index (χ0v) is 22.6. The molecule has 3 aromatic carbocycles. The lowest BCUT2D eigenvalue weighted by molar-refractivity contribution is 0.0303. The lowest BCUT2D eigenvalue weighted by atomic mass is 10.0. The van der Waals surface area contributed by atoms with E-state index in [4.69, 9.17) is 19.2 Å². The van der Waals surface area contributed by atoms with Gasteiger partial charge in [-0.2, -0.15) is 5.10 Å². The van der Waals surface area contributed by atoms with Gasteiger partial charge in [-0.25, -0.2) is 4.98 Å². The van der Waals surface area contributed by atoms with Crippen LogP contribution in [0.4, 0.5) is 0 Å². The SMILES string of the molecule is COc1cc(CCc2cc(-c3nc4cc(-c5ccc(C(=O)N6CCOCC6)cc5)ccc4[nH]3)n[nH]2)cc(OC)c1.